The van der Waals surface area contributed by atoms with Gasteiger partial charge in [0, 0.05) is 16.1 Å². The van der Waals surface area contributed by atoms with Crippen molar-refractivity contribution in [1.29, 1.82) is 0 Å². The molecule has 2 aromatic carbocycles. The van der Waals surface area contributed by atoms with Gasteiger partial charge >= 0.3 is 0 Å². The lowest BCUT2D eigenvalue weighted by Crippen LogP contribution is -2.23. The number of anilines is 1. The average Bonchev–Trinajstić information content (AvgIpc) is 3.17. The Bertz CT molecular complexity index is 1450. The molecule has 5 rings (SSSR count). The maximum Gasteiger partial charge on any atom is 0.266 e. The van der Waals surface area contributed by atoms with Crippen LogP contribution in [0.1, 0.15) is 5.69 Å². The summed E-state index contributed by atoms with van der Waals surface area (Å²) in [6.45, 7) is 1.87. The molecule has 0 saturated carbocycles. The minimum atomic E-state index is -0.269. The van der Waals surface area contributed by atoms with Gasteiger partial charge in [-0.25, -0.2) is 9.97 Å². The lowest BCUT2D eigenvalue weighted by atomic mass is 10.0. The predicted octanol–water partition coefficient (Wildman–Crippen LogP) is 4.74. The highest BCUT2D eigenvalue weighted by molar-refractivity contribution is 6.30. The summed E-state index contributed by atoms with van der Waals surface area (Å²) in [4.78, 5) is 22.4. The van der Waals surface area contributed by atoms with Crippen molar-refractivity contribution in [3.05, 3.63) is 82.1 Å². The second-order valence-corrected chi connectivity index (χ2v) is 7.20. The van der Waals surface area contributed by atoms with Crippen LogP contribution in [0, 0.1) is 6.92 Å². The number of nitrogens with zero attached hydrogens (tertiary/aromatic N) is 3. The molecule has 3 heterocycles. The fourth-order valence-electron chi connectivity index (χ4n) is 3.50. The third kappa shape index (κ3) is 2.77. The first kappa shape index (κ1) is 17.5. The average molecular weight is 403 g/mol. The Morgan fingerprint density at radius 1 is 1.07 bits per heavy atom. The molecule has 142 valence electrons. The maximum absolute atomic E-state index is 13.6. The number of nitrogen functional groups attached to an aromatic ring is 1. The SMILES string of the molecule is Cc1ccc2c(N)c(-c3ccc4ncoc4c3)c(=O)n(-c3ccc(Cl)cc3)c2n1. The molecule has 0 spiro atoms. The Kier molecular flexibility index (Phi) is 3.89. The first-order chi connectivity index (χ1) is 14.0. The number of aromatic nitrogens is 3. The van der Waals surface area contributed by atoms with Crippen LogP contribution in [0.4, 0.5) is 5.69 Å². The van der Waals surface area contributed by atoms with Crippen LogP contribution >= 0.6 is 11.6 Å². The first-order valence-corrected chi connectivity index (χ1v) is 9.32. The predicted molar refractivity (Wildman–Crippen MR) is 115 cm³/mol. The van der Waals surface area contributed by atoms with Crippen LogP contribution < -0.4 is 11.3 Å². The van der Waals surface area contributed by atoms with E-state index in [1.165, 1.54) is 6.39 Å². The van der Waals surface area contributed by atoms with Crippen molar-refractivity contribution in [2.45, 2.75) is 6.92 Å². The molecule has 0 atom stereocenters. The van der Waals surface area contributed by atoms with Crippen LogP contribution in [0.3, 0.4) is 0 Å². The zero-order chi connectivity index (χ0) is 20.1. The molecule has 5 aromatic rings. The Hall–Kier alpha value is -3.64. The molecule has 0 unspecified atom stereocenters. The van der Waals surface area contributed by atoms with E-state index < -0.39 is 0 Å². The van der Waals surface area contributed by atoms with E-state index in [1.807, 2.05) is 25.1 Å². The zero-order valence-corrected chi connectivity index (χ0v) is 16.1. The number of rotatable bonds is 2. The maximum atomic E-state index is 13.6. The highest BCUT2D eigenvalue weighted by Gasteiger charge is 2.19. The van der Waals surface area contributed by atoms with Crippen molar-refractivity contribution in [2.24, 2.45) is 0 Å². The molecule has 0 amide bonds. The van der Waals surface area contributed by atoms with E-state index >= 15 is 0 Å². The molecule has 0 saturated heterocycles. The molecule has 6 nitrogen and oxygen atoms in total. The summed E-state index contributed by atoms with van der Waals surface area (Å²) in [6, 6.07) is 16.2. The molecular formula is C22H15ClN4O2. The van der Waals surface area contributed by atoms with Gasteiger partial charge in [-0.1, -0.05) is 17.7 Å². The summed E-state index contributed by atoms with van der Waals surface area (Å²) in [5.41, 5.74) is 10.9. The van der Waals surface area contributed by atoms with Gasteiger partial charge in [0.15, 0.2) is 12.0 Å². The minimum Gasteiger partial charge on any atom is -0.443 e. The summed E-state index contributed by atoms with van der Waals surface area (Å²) >= 11 is 6.04. The number of oxazole rings is 1. The number of benzene rings is 2. The standard InChI is InChI=1S/C22H15ClN4O2/c1-12-2-8-16-20(24)19(13-3-9-17-18(10-13)29-11-25-17)22(28)27(21(16)26-12)15-6-4-14(23)5-7-15/h2-11H,24H2,1H3. The molecule has 0 bridgehead atoms. The normalized spacial score (nSPS) is 11.4. The molecule has 0 aliphatic rings. The minimum absolute atomic E-state index is 0.269. The smallest absolute Gasteiger partial charge is 0.266 e. The molecule has 7 heteroatoms. The third-order valence-corrected chi connectivity index (χ3v) is 5.16. The van der Waals surface area contributed by atoms with E-state index in [1.54, 1.807) is 41.0 Å². The lowest BCUT2D eigenvalue weighted by Gasteiger charge is -2.16. The second kappa shape index (κ2) is 6.46. The summed E-state index contributed by atoms with van der Waals surface area (Å²) < 4.78 is 6.97. The van der Waals surface area contributed by atoms with Crippen LogP contribution in [0.25, 0.3) is 38.9 Å². The highest BCUT2D eigenvalue weighted by Crippen LogP contribution is 2.32. The number of nitrogens with two attached hydrogens (primary N) is 1. The van der Waals surface area contributed by atoms with Gasteiger partial charge in [-0.15, -0.1) is 0 Å². The van der Waals surface area contributed by atoms with Crippen LogP contribution in [0.5, 0.6) is 0 Å². The summed E-state index contributed by atoms with van der Waals surface area (Å²) in [7, 11) is 0. The molecule has 0 radical (unpaired) electrons. The van der Waals surface area contributed by atoms with Gasteiger partial charge in [0.2, 0.25) is 0 Å². The van der Waals surface area contributed by atoms with Crippen molar-refractivity contribution in [3.63, 3.8) is 0 Å². The van der Waals surface area contributed by atoms with Crippen molar-refractivity contribution < 1.29 is 4.42 Å². The largest absolute Gasteiger partial charge is 0.443 e. The van der Waals surface area contributed by atoms with Crippen molar-refractivity contribution >= 4 is 39.4 Å². The number of pyridine rings is 2. The molecule has 0 aliphatic heterocycles. The molecule has 29 heavy (non-hydrogen) atoms. The molecule has 0 aliphatic carbocycles. The van der Waals surface area contributed by atoms with E-state index in [0.717, 1.165) is 5.69 Å². The Morgan fingerprint density at radius 2 is 1.86 bits per heavy atom. The highest BCUT2D eigenvalue weighted by atomic mass is 35.5. The van der Waals surface area contributed by atoms with Crippen molar-refractivity contribution in [1.82, 2.24) is 14.5 Å². The monoisotopic (exact) mass is 402 g/mol. The Labute approximate surface area is 170 Å². The Balaban J connectivity index is 1.91. The third-order valence-electron chi connectivity index (χ3n) is 4.91. The quantitative estimate of drug-likeness (QED) is 0.461. The van der Waals surface area contributed by atoms with Gasteiger partial charge in [-0.05, 0) is 61.0 Å². The summed E-state index contributed by atoms with van der Waals surface area (Å²) in [6.07, 6.45) is 1.37. The van der Waals surface area contributed by atoms with Gasteiger partial charge in [0.25, 0.3) is 5.56 Å². The van der Waals surface area contributed by atoms with Gasteiger partial charge in [0.1, 0.15) is 11.2 Å². The molecule has 2 N–H and O–H groups in total. The molecule has 3 aromatic heterocycles. The zero-order valence-electron chi connectivity index (χ0n) is 15.4. The van der Waals surface area contributed by atoms with Crippen LogP contribution in [-0.2, 0) is 0 Å². The van der Waals surface area contributed by atoms with Crippen molar-refractivity contribution in [3.8, 4) is 16.8 Å². The lowest BCUT2D eigenvalue weighted by molar-refractivity contribution is 0.602. The number of hydrogen-bond acceptors (Lipinski definition) is 5. The Morgan fingerprint density at radius 3 is 2.66 bits per heavy atom. The van der Waals surface area contributed by atoms with Crippen LogP contribution in [0.2, 0.25) is 5.02 Å². The fourth-order valence-corrected chi connectivity index (χ4v) is 3.63. The van der Waals surface area contributed by atoms with E-state index in [0.29, 0.717) is 49.7 Å². The van der Waals surface area contributed by atoms with Gasteiger partial charge in [-0.3, -0.25) is 9.36 Å². The van der Waals surface area contributed by atoms with Gasteiger partial charge < -0.3 is 10.2 Å². The van der Waals surface area contributed by atoms with Crippen molar-refractivity contribution in [2.75, 3.05) is 5.73 Å². The number of hydrogen-bond donors (Lipinski definition) is 1. The molecular weight excluding hydrogens is 388 g/mol. The number of halogens is 1. The summed E-state index contributed by atoms with van der Waals surface area (Å²) in [5.74, 6) is 0. The van der Waals surface area contributed by atoms with E-state index in [-0.39, 0.29) is 5.56 Å². The van der Waals surface area contributed by atoms with Gasteiger partial charge in [-0.2, -0.15) is 0 Å². The number of aryl methyl sites for hydroxylation is 1. The molecule has 0 fully saturated rings. The van der Waals surface area contributed by atoms with Crippen LogP contribution in [0.15, 0.2) is 70.2 Å². The fraction of sp³-hybridized carbons (Fsp3) is 0.0455. The van der Waals surface area contributed by atoms with E-state index in [2.05, 4.69) is 9.97 Å². The van der Waals surface area contributed by atoms with E-state index in [9.17, 15) is 4.79 Å². The van der Waals surface area contributed by atoms with E-state index in [4.69, 9.17) is 21.8 Å². The number of fused-ring (bicyclic) bond motifs is 2. The second-order valence-electron chi connectivity index (χ2n) is 6.76. The topological polar surface area (TPSA) is 86.9 Å². The van der Waals surface area contributed by atoms with Gasteiger partial charge in [0.05, 0.1) is 16.9 Å². The first-order valence-electron chi connectivity index (χ1n) is 8.94. The van der Waals surface area contributed by atoms with Crippen LogP contribution in [-0.4, -0.2) is 14.5 Å². The summed E-state index contributed by atoms with van der Waals surface area (Å²) in [5, 5.41) is 1.28.